The number of hydrogen-bond acceptors (Lipinski definition) is 6. The number of nitrogens with two attached hydrogens (primary N) is 1. The van der Waals surface area contributed by atoms with Gasteiger partial charge in [0.1, 0.15) is 17.4 Å². The van der Waals surface area contributed by atoms with Crippen LogP contribution in [0.3, 0.4) is 0 Å². The van der Waals surface area contributed by atoms with Gasteiger partial charge in [-0.2, -0.15) is 4.98 Å². The Bertz CT molecular complexity index is 756. The normalized spacial score (nSPS) is 22.6. The number of rotatable bonds is 2. The molecule has 0 saturated carbocycles. The molecule has 1 atom stereocenters. The molecule has 0 radical (unpaired) electrons. The van der Waals surface area contributed by atoms with Crippen LogP contribution in [-0.4, -0.2) is 23.4 Å². The van der Waals surface area contributed by atoms with Crippen molar-refractivity contribution in [1.29, 1.82) is 0 Å². The van der Waals surface area contributed by atoms with E-state index in [1.807, 2.05) is 24.3 Å². The zero-order valence-electron chi connectivity index (χ0n) is 10.7. The molecule has 3 heterocycles. The van der Waals surface area contributed by atoms with Crippen LogP contribution in [0.5, 0.6) is 0 Å². The van der Waals surface area contributed by atoms with E-state index < -0.39 is 5.54 Å². The molecular formula is C14H13N3O3. The Kier molecular flexibility index (Phi) is 2.42. The number of furan rings is 1. The van der Waals surface area contributed by atoms with E-state index in [4.69, 9.17) is 19.4 Å². The number of hydrogen-bond donors (Lipinski definition) is 1. The van der Waals surface area contributed by atoms with Gasteiger partial charge in [0.25, 0.3) is 0 Å². The zero-order valence-corrected chi connectivity index (χ0v) is 10.7. The topological polar surface area (TPSA) is 87.3 Å². The lowest BCUT2D eigenvalue weighted by Crippen LogP contribution is -2.37. The molecule has 0 bridgehead atoms. The minimum absolute atomic E-state index is 0.404. The molecule has 1 fully saturated rings. The van der Waals surface area contributed by atoms with Crippen molar-refractivity contribution in [3.63, 3.8) is 0 Å². The molecule has 0 amide bonds. The average molecular weight is 271 g/mol. The highest BCUT2D eigenvalue weighted by Gasteiger charge is 2.38. The van der Waals surface area contributed by atoms with Crippen molar-refractivity contribution < 1.29 is 13.7 Å². The number of nitrogens with zero attached hydrogens (tertiary/aromatic N) is 2. The Labute approximate surface area is 114 Å². The van der Waals surface area contributed by atoms with Crippen molar-refractivity contribution in [3.05, 3.63) is 36.4 Å². The lowest BCUT2D eigenvalue weighted by Gasteiger charge is -2.14. The van der Waals surface area contributed by atoms with Crippen LogP contribution in [0.15, 0.2) is 39.5 Å². The van der Waals surface area contributed by atoms with Crippen molar-refractivity contribution in [3.8, 4) is 11.4 Å². The van der Waals surface area contributed by atoms with E-state index >= 15 is 0 Å². The van der Waals surface area contributed by atoms with Crippen LogP contribution >= 0.6 is 0 Å². The van der Waals surface area contributed by atoms with Crippen LogP contribution in [0, 0.1) is 0 Å². The van der Waals surface area contributed by atoms with Gasteiger partial charge in [-0.3, -0.25) is 0 Å². The van der Waals surface area contributed by atoms with Crippen LogP contribution in [0.2, 0.25) is 0 Å². The van der Waals surface area contributed by atoms with Crippen molar-refractivity contribution in [2.45, 2.75) is 12.0 Å². The van der Waals surface area contributed by atoms with Crippen LogP contribution in [-0.2, 0) is 10.3 Å². The third kappa shape index (κ3) is 1.65. The first-order valence-electron chi connectivity index (χ1n) is 6.44. The SMILES string of the molecule is NC1(c2nc(-c3coc4ccccc34)no2)CCOC1. The first-order chi connectivity index (χ1) is 9.76. The Morgan fingerprint density at radius 3 is 3.00 bits per heavy atom. The lowest BCUT2D eigenvalue weighted by molar-refractivity contribution is 0.166. The zero-order chi connectivity index (χ0) is 13.6. The maximum atomic E-state index is 6.22. The van der Waals surface area contributed by atoms with Crippen molar-refractivity contribution in [1.82, 2.24) is 10.1 Å². The summed E-state index contributed by atoms with van der Waals surface area (Å²) < 4.78 is 16.1. The molecule has 1 unspecified atom stereocenters. The van der Waals surface area contributed by atoms with Crippen molar-refractivity contribution in [2.24, 2.45) is 5.73 Å². The Morgan fingerprint density at radius 1 is 1.25 bits per heavy atom. The highest BCUT2D eigenvalue weighted by molar-refractivity contribution is 5.91. The van der Waals surface area contributed by atoms with Gasteiger partial charge in [-0.1, -0.05) is 23.4 Å². The van der Waals surface area contributed by atoms with E-state index in [1.54, 1.807) is 6.26 Å². The molecule has 3 aromatic rings. The molecule has 0 spiro atoms. The monoisotopic (exact) mass is 271 g/mol. The van der Waals surface area contributed by atoms with Gasteiger partial charge in [0.2, 0.25) is 11.7 Å². The van der Waals surface area contributed by atoms with Gasteiger partial charge >= 0.3 is 0 Å². The van der Waals surface area contributed by atoms with Crippen LogP contribution in [0.4, 0.5) is 0 Å². The smallest absolute Gasteiger partial charge is 0.249 e. The highest BCUT2D eigenvalue weighted by Crippen LogP contribution is 2.31. The van der Waals surface area contributed by atoms with Gasteiger partial charge in [-0.25, -0.2) is 0 Å². The molecule has 1 aliphatic heterocycles. The molecule has 0 aliphatic carbocycles. The summed E-state index contributed by atoms with van der Waals surface area (Å²) in [5.41, 5.74) is 7.14. The van der Waals surface area contributed by atoms with E-state index in [0.29, 0.717) is 31.3 Å². The van der Waals surface area contributed by atoms with Crippen LogP contribution < -0.4 is 5.73 Å². The van der Waals surface area contributed by atoms with Crippen LogP contribution in [0.25, 0.3) is 22.4 Å². The molecule has 6 heteroatoms. The second kappa shape index (κ2) is 4.16. The van der Waals surface area contributed by atoms with Crippen molar-refractivity contribution >= 4 is 11.0 Å². The molecule has 2 aromatic heterocycles. The summed E-state index contributed by atoms with van der Waals surface area (Å²) in [7, 11) is 0. The fraction of sp³-hybridized carbons (Fsp3) is 0.286. The van der Waals surface area contributed by atoms with Gasteiger partial charge in [-0.15, -0.1) is 0 Å². The number of benzene rings is 1. The minimum Gasteiger partial charge on any atom is -0.464 e. The molecule has 2 N–H and O–H groups in total. The van der Waals surface area contributed by atoms with Gasteiger partial charge in [0.15, 0.2) is 0 Å². The van der Waals surface area contributed by atoms with Gasteiger partial charge in [0, 0.05) is 12.0 Å². The van der Waals surface area contributed by atoms with Gasteiger partial charge in [-0.05, 0) is 12.5 Å². The summed E-state index contributed by atoms with van der Waals surface area (Å²) >= 11 is 0. The first kappa shape index (κ1) is 11.6. The van der Waals surface area contributed by atoms with E-state index in [0.717, 1.165) is 16.5 Å². The third-order valence-electron chi connectivity index (χ3n) is 3.63. The average Bonchev–Trinajstić information content (AvgIpc) is 3.16. The number of fused-ring (bicyclic) bond motifs is 1. The maximum absolute atomic E-state index is 6.22. The Balaban J connectivity index is 1.78. The lowest BCUT2D eigenvalue weighted by atomic mass is 10.0. The van der Waals surface area contributed by atoms with Crippen LogP contribution in [0.1, 0.15) is 12.3 Å². The second-order valence-electron chi connectivity index (χ2n) is 5.03. The van der Waals surface area contributed by atoms with E-state index in [2.05, 4.69) is 10.1 Å². The third-order valence-corrected chi connectivity index (χ3v) is 3.63. The standard InChI is InChI=1S/C14H13N3O3/c15-14(5-6-18-8-14)13-16-12(17-20-13)10-7-19-11-4-2-1-3-9(10)11/h1-4,7H,5-6,8,15H2. The predicted molar refractivity (Wildman–Crippen MR) is 70.8 cm³/mol. The number of ether oxygens (including phenoxy) is 1. The molecule has 102 valence electrons. The van der Waals surface area contributed by atoms with Crippen molar-refractivity contribution in [2.75, 3.05) is 13.2 Å². The molecule has 1 saturated heterocycles. The molecule has 20 heavy (non-hydrogen) atoms. The van der Waals surface area contributed by atoms with Gasteiger partial charge < -0.3 is 19.4 Å². The molecule has 6 nitrogen and oxygen atoms in total. The fourth-order valence-electron chi connectivity index (χ4n) is 2.44. The summed E-state index contributed by atoms with van der Waals surface area (Å²) in [6.07, 6.45) is 2.31. The quantitative estimate of drug-likeness (QED) is 0.767. The summed E-state index contributed by atoms with van der Waals surface area (Å²) in [6, 6.07) is 7.72. The fourth-order valence-corrected chi connectivity index (χ4v) is 2.44. The highest BCUT2D eigenvalue weighted by atomic mass is 16.5. The van der Waals surface area contributed by atoms with E-state index in [-0.39, 0.29) is 0 Å². The summed E-state index contributed by atoms with van der Waals surface area (Å²) in [5.74, 6) is 0.900. The summed E-state index contributed by atoms with van der Waals surface area (Å²) in [6.45, 7) is 1.02. The Morgan fingerprint density at radius 2 is 2.15 bits per heavy atom. The molecule has 4 rings (SSSR count). The van der Waals surface area contributed by atoms with E-state index in [1.165, 1.54) is 0 Å². The number of aromatic nitrogens is 2. The molecular weight excluding hydrogens is 258 g/mol. The first-order valence-corrected chi connectivity index (χ1v) is 6.44. The summed E-state index contributed by atoms with van der Waals surface area (Å²) in [4.78, 5) is 4.41. The number of para-hydroxylation sites is 1. The molecule has 1 aliphatic rings. The Hall–Kier alpha value is -2.18. The molecule has 1 aromatic carbocycles. The largest absolute Gasteiger partial charge is 0.464 e. The second-order valence-corrected chi connectivity index (χ2v) is 5.03. The minimum atomic E-state index is -0.676. The van der Waals surface area contributed by atoms with Gasteiger partial charge in [0.05, 0.1) is 12.2 Å². The van der Waals surface area contributed by atoms with E-state index in [9.17, 15) is 0 Å². The summed E-state index contributed by atoms with van der Waals surface area (Å²) in [5, 5.41) is 4.97. The predicted octanol–water partition coefficient (Wildman–Crippen LogP) is 2.06. The maximum Gasteiger partial charge on any atom is 0.249 e.